The highest BCUT2D eigenvalue weighted by molar-refractivity contribution is 5.50. The van der Waals surface area contributed by atoms with Crippen molar-refractivity contribution in [3.05, 3.63) is 54.1 Å². The summed E-state index contributed by atoms with van der Waals surface area (Å²) in [5.74, 6) is 1.45. The lowest BCUT2D eigenvalue weighted by Gasteiger charge is -2.32. The molecule has 4 heterocycles. The molecule has 3 aromatic rings. The maximum Gasteiger partial charge on any atom is 0.157 e. The third-order valence-electron chi connectivity index (χ3n) is 5.04. The lowest BCUT2D eigenvalue weighted by atomic mass is 10.0. The Morgan fingerprint density at radius 1 is 1.19 bits per heavy atom. The number of hydrogen-bond acceptors (Lipinski definition) is 5. The van der Waals surface area contributed by atoms with Crippen LogP contribution >= 0.6 is 0 Å². The zero-order valence-electron chi connectivity index (χ0n) is 15.5. The second kappa shape index (κ2) is 7.41. The first-order valence-electron chi connectivity index (χ1n) is 9.41. The number of pyridine rings is 1. The van der Waals surface area contributed by atoms with Crippen molar-refractivity contribution >= 4 is 11.5 Å². The van der Waals surface area contributed by atoms with Crippen molar-refractivity contribution in [3.63, 3.8) is 0 Å². The zero-order chi connectivity index (χ0) is 17.9. The number of piperidine rings is 1. The van der Waals surface area contributed by atoms with Crippen LogP contribution < -0.4 is 5.32 Å². The molecule has 0 saturated carbocycles. The van der Waals surface area contributed by atoms with E-state index < -0.39 is 0 Å². The van der Waals surface area contributed by atoms with Crippen LogP contribution in [0.25, 0.3) is 5.65 Å². The molecule has 1 aliphatic rings. The fourth-order valence-electron chi connectivity index (χ4n) is 3.53. The average molecular weight is 350 g/mol. The van der Waals surface area contributed by atoms with Crippen molar-refractivity contribution in [2.45, 2.75) is 45.2 Å². The summed E-state index contributed by atoms with van der Waals surface area (Å²) >= 11 is 0. The molecule has 0 atom stereocenters. The number of aromatic nitrogens is 4. The van der Waals surface area contributed by atoms with Crippen molar-refractivity contribution in [2.75, 3.05) is 18.4 Å². The summed E-state index contributed by atoms with van der Waals surface area (Å²) in [7, 11) is 0. The maximum atomic E-state index is 4.69. The first kappa shape index (κ1) is 17.0. The Hall–Kier alpha value is -2.47. The lowest BCUT2D eigenvalue weighted by Crippen LogP contribution is -2.39. The standard InChI is InChI=1S/C20H26N6/c1-15(2)18-12-20(26-19(24-18)5-9-22-26)23-17-6-10-25(11-7-17)14-16-4-3-8-21-13-16/h3-5,8-9,12-13,15,17,23H,6-7,10-11,14H2,1-2H3. The Labute approximate surface area is 154 Å². The lowest BCUT2D eigenvalue weighted by molar-refractivity contribution is 0.211. The summed E-state index contributed by atoms with van der Waals surface area (Å²) in [6.07, 6.45) is 7.86. The van der Waals surface area contributed by atoms with Crippen LogP contribution in [0, 0.1) is 0 Å². The van der Waals surface area contributed by atoms with E-state index in [1.165, 1.54) is 5.56 Å². The summed E-state index contributed by atoms with van der Waals surface area (Å²) in [5.41, 5.74) is 3.30. The molecule has 6 nitrogen and oxygen atoms in total. The molecule has 4 rings (SSSR count). The number of likely N-dealkylation sites (tertiary alicyclic amines) is 1. The molecule has 0 aromatic carbocycles. The third-order valence-corrected chi connectivity index (χ3v) is 5.04. The van der Waals surface area contributed by atoms with Crippen molar-refractivity contribution in [1.29, 1.82) is 0 Å². The van der Waals surface area contributed by atoms with E-state index in [-0.39, 0.29) is 0 Å². The molecule has 136 valence electrons. The van der Waals surface area contributed by atoms with E-state index in [1.54, 1.807) is 0 Å². The second-order valence-electron chi connectivity index (χ2n) is 7.38. The third kappa shape index (κ3) is 3.70. The van der Waals surface area contributed by atoms with Gasteiger partial charge in [0, 0.05) is 55.9 Å². The maximum absolute atomic E-state index is 4.69. The summed E-state index contributed by atoms with van der Waals surface area (Å²) in [6, 6.07) is 8.74. The van der Waals surface area contributed by atoms with E-state index in [4.69, 9.17) is 4.98 Å². The number of fused-ring (bicyclic) bond motifs is 1. The minimum atomic E-state index is 0.400. The minimum Gasteiger partial charge on any atom is -0.367 e. The minimum absolute atomic E-state index is 0.400. The number of anilines is 1. The van der Waals surface area contributed by atoms with Crippen LogP contribution in [-0.4, -0.2) is 43.6 Å². The van der Waals surface area contributed by atoms with Gasteiger partial charge in [-0.3, -0.25) is 9.88 Å². The molecule has 0 amide bonds. The molecule has 0 spiro atoms. The Balaban J connectivity index is 1.41. The molecular weight excluding hydrogens is 324 g/mol. The van der Waals surface area contributed by atoms with Crippen LogP contribution in [0.1, 0.15) is 43.9 Å². The van der Waals surface area contributed by atoms with Gasteiger partial charge < -0.3 is 5.32 Å². The van der Waals surface area contributed by atoms with E-state index in [1.807, 2.05) is 35.2 Å². The molecule has 1 fully saturated rings. The number of rotatable bonds is 5. The zero-order valence-corrected chi connectivity index (χ0v) is 15.5. The van der Waals surface area contributed by atoms with Crippen LogP contribution in [0.15, 0.2) is 42.9 Å². The fourth-order valence-corrected chi connectivity index (χ4v) is 3.53. The Kier molecular flexibility index (Phi) is 4.84. The van der Waals surface area contributed by atoms with Crippen LogP contribution in [0.2, 0.25) is 0 Å². The molecular formula is C20H26N6. The largest absolute Gasteiger partial charge is 0.367 e. The van der Waals surface area contributed by atoms with Gasteiger partial charge in [-0.2, -0.15) is 9.61 Å². The first-order valence-corrected chi connectivity index (χ1v) is 9.41. The van der Waals surface area contributed by atoms with Crippen LogP contribution in [0.4, 0.5) is 5.82 Å². The summed E-state index contributed by atoms with van der Waals surface area (Å²) in [6.45, 7) is 7.52. The van der Waals surface area contributed by atoms with E-state index >= 15 is 0 Å². The number of nitrogens with one attached hydrogen (secondary N) is 1. The van der Waals surface area contributed by atoms with Gasteiger partial charge in [0.25, 0.3) is 0 Å². The Morgan fingerprint density at radius 3 is 2.77 bits per heavy atom. The van der Waals surface area contributed by atoms with Gasteiger partial charge in [0.2, 0.25) is 0 Å². The molecule has 0 radical (unpaired) electrons. The smallest absolute Gasteiger partial charge is 0.157 e. The van der Waals surface area contributed by atoms with Crippen molar-refractivity contribution in [2.24, 2.45) is 0 Å². The van der Waals surface area contributed by atoms with Gasteiger partial charge in [-0.05, 0) is 30.4 Å². The molecule has 26 heavy (non-hydrogen) atoms. The van der Waals surface area contributed by atoms with Crippen molar-refractivity contribution in [1.82, 2.24) is 24.5 Å². The average Bonchev–Trinajstić information content (AvgIpc) is 3.13. The van der Waals surface area contributed by atoms with Crippen LogP contribution in [0.5, 0.6) is 0 Å². The Morgan fingerprint density at radius 2 is 2.04 bits per heavy atom. The molecule has 1 N–H and O–H groups in total. The van der Waals surface area contributed by atoms with Crippen LogP contribution in [0.3, 0.4) is 0 Å². The Bertz CT molecular complexity index is 849. The number of hydrogen-bond donors (Lipinski definition) is 1. The molecule has 0 unspecified atom stereocenters. The predicted molar refractivity (Wildman–Crippen MR) is 103 cm³/mol. The molecule has 0 aliphatic carbocycles. The molecule has 6 heteroatoms. The first-order chi connectivity index (χ1) is 12.7. The highest BCUT2D eigenvalue weighted by Crippen LogP contribution is 2.22. The second-order valence-corrected chi connectivity index (χ2v) is 7.38. The monoisotopic (exact) mass is 350 g/mol. The SMILES string of the molecule is CC(C)c1cc(NC2CCN(Cc3cccnc3)CC2)n2nccc2n1. The van der Waals surface area contributed by atoms with Gasteiger partial charge in [-0.1, -0.05) is 19.9 Å². The van der Waals surface area contributed by atoms with Crippen LogP contribution in [-0.2, 0) is 6.54 Å². The van der Waals surface area contributed by atoms with Gasteiger partial charge >= 0.3 is 0 Å². The van der Waals surface area contributed by atoms with Crippen molar-refractivity contribution in [3.8, 4) is 0 Å². The summed E-state index contributed by atoms with van der Waals surface area (Å²) < 4.78 is 1.91. The molecule has 1 aliphatic heterocycles. The number of nitrogens with zero attached hydrogens (tertiary/aromatic N) is 5. The topological polar surface area (TPSA) is 58.4 Å². The van der Waals surface area contributed by atoms with Gasteiger partial charge in [-0.25, -0.2) is 4.98 Å². The van der Waals surface area contributed by atoms with E-state index in [0.717, 1.165) is 49.6 Å². The van der Waals surface area contributed by atoms with Gasteiger partial charge in [0.1, 0.15) is 5.82 Å². The molecule has 0 bridgehead atoms. The van der Waals surface area contributed by atoms with Gasteiger partial charge in [-0.15, -0.1) is 0 Å². The highest BCUT2D eigenvalue weighted by Gasteiger charge is 2.20. The van der Waals surface area contributed by atoms with Gasteiger partial charge in [0.05, 0.1) is 6.20 Å². The van der Waals surface area contributed by atoms with Gasteiger partial charge in [0.15, 0.2) is 5.65 Å². The summed E-state index contributed by atoms with van der Waals surface area (Å²) in [4.78, 5) is 11.4. The quantitative estimate of drug-likeness (QED) is 0.765. The highest BCUT2D eigenvalue weighted by atomic mass is 15.3. The molecule has 1 saturated heterocycles. The molecule has 3 aromatic heterocycles. The van der Waals surface area contributed by atoms with E-state index in [9.17, 15) is 0 Å². The predicted octanol–water partition coefficient (Wildman–Crippen LogP) is 3.32. The van der Waals surface area contributed by atoms with E-state index in [0.29, 0.717) is 12.0 Å². The van der Waals surface area contributed by atoms with Crippen molar-refractivity contribution < 1.29 is 0 Å². The van der Waals surface area contributed by atoms with E-state index in [2.05, 4.69) is 46.3 Å². The summed E-state index contributed by atoms with van der Waals surface area (Å²) in [5, 5.41) is 8.14. The normalized spacial score (nSPS) is 16.4. The fraction of sp³-hybridized carbons (Fsp3) is 0.450.